The molecule has 0 spiro atoms. The topological polar surface area (TPSA) is 37.3 Å². The minimum atomic E-state index is -4.54. The fraction of sp³-hybridized carbons (Fsp3) is 0.0714. The molecular formula is C14H7F5O2. The van der Waals surface area contributed by atoms with Gasteiger partial charge in [0.15, 0.2) is 11.6 Å². The molecule has 0 aliphatic rings. The molecule has 0 atom stereocenters. The van der Waals surface area contributed by atoms with Crippen LogP contribution in [0, 0.1) is 11.6 Å². The van der Waals surface area contributed by atoms with Crippen LogP contribution in [0.4, 0.5) is 22.0 Å². The molecule has 2 aromatic rings. The van der Waals surface area contributed by atoms with Crippen LogP contribution in [-0.4, -0.2) is 11.1 Å². The lowest BCUT2D eigenvalue weighted by Gasteiger charge is -2.10. The average molecular weight is 302 g/mol. The van der Waals surface area contributed by atoms with Crippen LogP contribution in [-0.2, 0) is 6.18 Å². The van der Waals surface area contributed by atoms with Gasteiger partial charge >= 0.3 is 12.1 Å². The molecule has 0 radical (unpaired) electrons. The van der Waals surface area contributed by atoms with Gasteiger partial charge in [-0.1, -0.05) is 12.1 Å². The first kappa shape index (κ1) is 15.0. The van der Waals surface area contributed by atoms with E-state index in [2.05, 4.69) is 0 Å². The lowest BCUT2D eigenvalue weighted by molar-refractivity contribution is -0.137. The Morgan fingerprint density at radius 2 is 1.48 bits per heavy atom. The summed E-state index contributed by atoms with van der Waals surface area (Å²) in [5.41, 5.74) is -1.62. The van der Waals surface area contributed by atoms with E-state index in [1.165, 1.54) is 0 Å². The van der Waals surface area contributed by atoms with Crippen molar-refractivity contribution in [2.45, 2.75) is 6.18 Å². The van der Waals surface area contributed by atoms with Gasteiger partial charge < -0.3 is 5.11 Å². The third-order valence-corrected chi connectivity index (χ3v) is 2.81. The number of aromatic carboxylic acids is 1. The molecule has 21 heavy (non-hydrogen) atoms. The molecule has 0 fully saturated rings. The molecular weight excluding hydrogens is 295 g/mol. The third kappa shape index (κ3) is 3.01. The average Bonchev–Trinajstić information content (AvgIpc) is 2.40. The highest BCUT2D eigenvalue weighted by Gasteiger charge is 2.30. The van der Waals surface area contributed by atoms with Gasteiger partial charge in [0.1, 0.15) is 0 Å². The van der Waals surface area contributed by atoms with E-state index in [9.17, 15) is 26.7 Å². The van der Waals surface area contributed by atoms with Gasteiger partial charge in [0, 0.05) is 0 Å². The molecule has 0 saturated heterocycles. The quantitative estimate of drug-likeness (QED) is 0.837. The van der Waals surface area contributed by atoms with E-state index in [0.29, 0.717) is 12.1 Å². The highest BCUT2D eigenvalue weighted by atomic mass is 19.4. The first-order valence-electron chi connectivity index (χ1n) is 5.60. The van der Waals surface area contributed by atoms with E-state index < -0.39 is 34.9 Å². The normalized spacial score (nSPS) is 11.5. The second kappa shape index (κ2) is 5.16. The molecule has 0 unspecified atom stereocenters. The Balaban J connectivity index is 2.56. The van der Waals surface area contributed by atoms with Gasteiger partial charge in [0.25, 0.3) is 0 Å². The molecule has 0 bridgehead atoms. The number of alkyl halides is 3. The summed E-state index contributed by atoms with van der Waals surface area (Å²) in [6.45, 7) is 0. The standard InChI is InChI=1S/C14H7F5O2/c15-11-5-9(10(13(20)21)6-12(11)16)7-1-3-8(4-2-7)14(17,18)19/h1-6H,(H,20,21). The fourth-order valence-corrected chi connectivity index (χ4v) is 1.80. The number of carbonyl (C=O) groups is 1. The van der Waals surface area contributed by atoms with Crippen molar-refractivity contribution in [2.75, 3.05) is 0 Å². The molecule has 0 saturated carbocycles. The molecule has 7 heteroatoms. The maximum absolute atomic E-state index is 13.2. The molecule has 2 rings (SSSR count). The maximum atomic E-state index is 13.2. The Hall–Kier alpha value is -2.44. The Labute approximate surface area is 115 Å². The van der Waals surface area contributed by atoms with E-state index >= 15 is 0 Å². The number of hydrogen-bond donors (Lipinski definition) is 1. The summed E-state index contributed by atoms with van der Waals surface area (Å²) >= 11 is 0. The number of rotatable bonds is 2. The fourth-order valence-electron chi connectivity index (χ4n) is 1.80. The van der Waals surface area contributed by atoms with Crippen LogP contribution in [0.5, 0.6) is 0 Å². The highest BCUT2D eigenvalue weighted by Crippen LogP contribution is 2.32. The van der Waals surface area contributed by atoms with Crippen molar-refractivity contribution in [3.8, 4) is 11.1 Å². The van der Waals surface area contributed by atoms with Crippen LogP contribution in [0.15, 0.2) is 36.4 Å². The van der Waals surface area contributed by atoms with E-state index in [-0.39, 0.29) is 11.1 Å². The lowest BCUT2D eigenvalue weighted by Crippen LogP contribution is -2.05. The van der Waals surface area contributed by atoms with Crippen molar-refractivity contribution in [1.82, 2.24) is 0 Å². The van der Waals surface area contributed by atoms with Gasteiger partial charge in [-0.05, 0) is 35.4 Å². The molecule has 1 N–H and O–H groups in total. The molecule has 0 aliphatic carbocycles. The number of halogens is 5. The van der Waals surface area contributed by atoms with Crippen molar-refractivity contribution >= 4 is 5.97 Å². The zero-order valence-corrected chi connectivity index (χ0v) is 10.2. The summed E-state index contributed by atoms with van der Waals surface area (Å²) in [6, 6.07) is 4.61. The summed E-state index contributed by atoms with van der Waals surface area (Å²) in [5.74, 6) is -4.14. The SMILES string of the molecule is O=C(O)c1cc(F)c(F)cc1-c1ccc(C(F)(F)F)cc1. The zero-order valence-electron chi connectivity index (χ0n) is 10.2. The van der Waals surface area contributed by atoms with Crippen molar-refractivity contribution in [1.29, 1.82) is 0 Å². The van der Waals surface area contributed by atoms with Crippen molar-refractivity contribution in [3.63, 3.8) is 0 Å². The van der Waals surface area contributed by atoms with Crippen molar-refractivity contribution < 1.29 is 31.9 Å². The first-order valence-corrected chi connectivity index (χ1v) is 5.60. The van der Waals surface area contributed by atoms with Crippen LogP contribution in [0.25, 0.3) is 11.1 Å². The minimum Gasteiger partial charge on any atom is -0.478 e. The van der Waals surface area contributed by atoms with Gasteiger partial charge in [-0.25, -0.2) is 13.6 Å². The van der Waals surface area contributed by atoms with Gasteiger partial charge in [-0.3, -0.25) is 0 Å². The monoisotopic (exact) mass is 302 g/mol. The number of carboxylic acid groups (broad SMARTS) is 1. The number of carboxylic acids is 1. The smallest absolute Gasteiger partial charge is 0.416 e. The van der Waals surface area contributed by atoms with Crippen LogP contribution in [0.1, 0.15) is 15.9 Å². The minimum absolute atomic E-state index is 0.0410. The number of benzene rings is 2. The van der Waals surface area contributed by atoms with E-state index in [1.54, 1.807) is 0 Å². The molecule has 0 heterocycles. The Morgan fingerprint density at radius 1 is 0.952 bits per heavy atom. The van der Waals surface area contributed by atoms with Crippen LogP contribution in [0.3, 0.4) is 0 Å². The van der Waals surface area contributed by atoms with Crippen LogP contribution >= 0.6 is 0 Å². The summed E-state index contributed by atoms with van der Waals surface area (Å²) in [4.78, 5) is 11.0. The molecule has 2 aromatic carbocycles. The Kier molecular flexibility index (Phi) is 3.67. The number of hydrogen-bond acceptors (Lipinski definition) is 1. The van der Waals surface area contributed by atoms with E-state index in [0.717, 1.165) is 24.3 Å². The molecule has 110 valence electrons. The predicted molar refractivity (Wildman–Crippen MR) is 63.8 cm³/mol. The zero-order chi connectivity index (χ0) is 15.8. The summed E-state index contributed by atoms with van der Waals surface area (Å²) in [6.07, 6.45) is -4.54. The van der Waals surface area contributed by atoms with Crippen LogP contribution < -0.4 is 0 Å². The molecule has 2 nitrogen and oxygen atoms in total. The lowest BCUT2D eigenvalue weighted by atomic mass is 9.98. The van der Waals surface area contributed by atoms with Crippen molar-refractivity contribution in [3.05, 3.63) is 59.2 Å². The summed E-state index contributed by atoms with van der Waals surface area (Å²) < 4.78 is 63.6. The summed E-state index contributed by atoms with van der Waals surface area (Å²) in [5, 5.41) is 8.96. The first-order chi connectivity index (χ1) is 9.70. The summed E-state index contributed by atoms with van der Waals surface area (Å²) in [7, 11) is 0. The van der Waals surface area contributed by atoms with Crippen LogP contribution in [0.2, 0.25) is 0 Å². The largest absolute Gasteiger partial charge is 0.478 e. The predicted octanol–water partition coefficient (Wildman–Crippen LogP) is 4.35. The molecule has 0 amide bonds. The maximum Gasteiger partial charge on any atom is 0.416 e. The van der Waals surface area contributed by atoms with Gasteiger partial charge in [0.05, 0.1) is 11.1 Å². The molecule has 0 aliphatic heterocycles. The molecule has 0 aromatic heterocycles. The third-order valence-electron chi connectivity index (χ3n) is 2.81. The second-order valence-corrected chi connectivity index (χ2v) is 4.19. The van der Waals surface area contributed by atoms with Gasteiger partial charge in [-0.15, -0.1) is 0 Å². The Morgan fingerprint density at radius 3 is 1.95 bits per heavy atom. The highest BCUT2D eigenvalue weighted by molar-refractivity contribution is 5.96. The van der Waals surface area contributed by atoms with Gasteiger partial charge in [0.2, 0.25) is 0 Å². The Bertz CT molecular complexity index is 690. The van der Waals surface area contributed by atoms with E-state index in [1.807, 2.05) is 0 Å². The van der Waals surface area contributed by atoms with E-state index in [4.69, 9.17) is 5.11 Å². The second-order valence-electron chi connectivity index (χ2n) is 4.19. The van der Waals surface area contributed by atoms with Gasteiger partial charge in [-0.2, -0.15) is 13.2 Å². The van der Waals surface area contributed by atoms with Crippen molar-refractivity contribution in [2.24, 2.45) is 0 Å².